The van der Waals surface area contributed by atoms with Gasteiger partial charge < -0.3 is 15.0 Å². The molecule has 1 N–H and O–H groups in total. The van der Waals surface area contributed by atoms with Crippen molar-refractivity contribution in [3.05, 3.63) is 35.6 Å². The number of carbonyl (C=O) groups is 4. The second-order valence-corrected chi connectivity index (χ2v) is 6.46. The Hall–Kier alpha value is -2.97. The van der Waals surface area contributed by atoms with Crippen LogP contribution in [-0.2, 0) is 14.3 Å². The summed E-state index contributed by atoms with van der Waals surface area (Å²) in [4.78, 5) is 50.4. The van der Waals surface area contributed by atoms with E-state index in [1.807, 2.05) is 0 Å². The predicted molar refractivity (Wildman–Crippen MR) is 91.1 cm³/mol. The van der Waals surface area contributed by atoms with Crippen molar-refractivity contribution in [1.29, 1.82) is 0 Å². The Kier molecular flexibility index (Phi) is 5.68. The highest BCUT2D eigenvalue weighted by Crippen LogP contribution is 2.20. The highest BCUT2D eigenvalue weighted by Gasteiger charge is 2.31. The predicted octanol–water partition coefficient (Wildman–Crippen LogP) is 0.773. The maximum absolute atomic E-state index is 13.0. The maximum atomic E-state index is 13.0. The first kappa shape index (κ1) is 18.8. The van der Waals surface area contributed by atoms with Gasteiger partial charge in [0.15, 0.2) is 6.61 Å². The zero-order valence-electron chi connectivity index (χ0n) is 14.7. The van der Waals surface area contributed by atoms with E-state index in [4.69, 9.17) is 4.74 Å². The Balaban J connectivity index is 1.45. The van der Waals surface area contributed by atoms with Crippen molar-refractivity contribution in [1.82, 2.24) is 15.1 Å². The summed E-state index contributed by atoms with van der Waals surface area (Å²) in [6.07, 6.45) is 0.842. The molecule has 3 rings (SSSR count). The molecule has 2 aliphatic heterocycles. The smallest absolute Gasteiger partial charge is 0.324 e. The van der Waals surface area contributed by atoms with Gasteiger partial charge in [0, 0.05) is 31.7 Å². The lowest BCUT2D eigenvalue weighted by atomic mass is 9.96. The SMILES string of the molecule is O=C(OCC(=O)N1CCNC1=O)C1CCN(C(=O)c2ccc(F)cc2)CC1. The van der Waals surface area contributed by atoms with Crippen LogP contribution in [-0.4, -0.2) is 66.4 Å². The van der Waals surface area contributed by atoms with Crippen LogP contribution < -0.4 is 5.32 Å². The van der Waals surface area contributed by atoms with E-state index in [9.17, 15) is 23.6 Å². The number of nitrogens with zero attached hydrogens (tertiary/aromatic N) is 2. The van der Waals surface area contributed by atoms with Crippen LogP contribution in [0.2, 0.25) is 0 Å². The van der Waals surface area contributed by atoms with E-state index < -0.39 is 36.2 Å². The molecule has 0 bridgehead atoms. The molecule has 2 saturated heterocycles. The van der Waals surface area contributed by atoms with Crippen molar-refractivity contribution in [2.24, 2.45) is 5.92 Å². The lowest BCUT2D eigenvalue weighted by Gasteiger charge is -2.31. The number of urea groups is 1. The van der Waals surface area contributed by atoms with E-state index in [0.29, 0.717) is 38.0 Å². The number of imide groups is 1. The molecule has 0 aliphatic carbocycles. The minimum atomic E-state index is -0.553. The van der Waals surface area contributed by atoms with Gasteiger partial charge in [-0.3, -0.25) is 19.3 Å². The second-order valence-electron chi connectivity index (χ2n) is 6.46. The Morgan fingerprint density at radius 3 is 2.37 bits per heavy atom. The van der Waals surface area contributed by atoms with Gasteiger partial charge in [0.25, 0.3) is 11.8 Å². The van der Waals surface area contributed by atoms with Crippen LogP contribution in [0, 0.1) is 11.7 Å². The van der Waals surface area contributed by atoms with Crippen LogP contribution in [0.15, 0.2) is 24.3 Å². The van der Waals surface area contributed by atoms with E-state index in [-0.39, 0.29) is 12.5 Å². The molecule has 144 valence electrons. The summed E-state index contributed by atoms with van der Waals surface area (Å²) in [6, 6.07) is 4.84. The fraction of sp³-hybridized carbons (Fsp3) is 0.444. The number of hydrogen-bond donors (Lipinski definition) is 1. The van der Waals surface area contributed by atoms with Crippen LogP contribution in [0.3, 0.4) is 0 Å². The van der Waals surface area contributed by atoms with Crippen molar-refractivity contribution in [3.63, 3.8) is 0 Å². The average molecular weight is 377 g/mol. The first-order chi connectivity index (χ1) is 13.0. The van der Waals surface area contributed by atoms with Gasteiger partial charge in [-0.25, -0.2) is 9.18 Å². The standard InChI is InChI=1S/C18H20FN3O5/c19-14-3-1-12(2-4-14)16(24)21-8-5-13(6-9-21)17(25)27-11-15(23)22-10-7-20-18(22)26/h1-4,13H,5-11H2,(H,20,26). The number of hydrogen-bond acceptors (Lipinski definition) is 5. The molecule has 27 heavy (non-hydrogen) atoms. The van der Waals surface area contributed by atoms with E-state index >= 15 is 0 Å². The summed E-state index contributed by atoms with van der Waals surface area (Å²) in [7, 11) is 0. The Bertz CT molecular complexity index is 744. The van der Waals surface area contributed by atoms with Gasteiger partial charge in [-0.1, -0.05) is 0 Å². The topological polar surface area (TPSA) is 96.0 Å². The average Bonchev–Trinajstić information content (AvgIpc) is 3.12. The first-order valence-electron chi connectivity index (χ1n) is 8.75. The molecule has 0 spiro atoms. The number of ether oxygens (including phenoxy) is 1. The van der Waals surface area contributed by atoms with Crippen LogP contribution in [0.25, 0.3) is 0 Å². The molecular weight excluding hydrogens is 357 g/mol. The first-order valence-corrected chi connectivity index (χ1v) is 8.75. The normalized spacial score (nSPS) is 17.6. The summed E-state index contributed by atoms with van der Waals surface area (Å²) < 4.78 is 18.0. The summed E-state index contributed by atoms with van der Waals surface area (Å²) in [5.41, 5.74) is 0.395. The van der Waals surface area contributed by atoms with Gasteiger partial charge in [0.2, 0.25) is 0 Å². The highest BCUT2D eigenvalue weighted by atomic mass is 19.1. The molecule has 0 radical (unpaired) electrons. The Morgan fingerprint density at radius 2 is 1.78 bits per heavy atom. The summed E-state index contributed by atoms with van der Waals surface area (Å²) >= 11 is 0. The molecule has 0 atom stereocenters. The van der Waals surface area contributed by atoms with Gasteiger partial charge in [0.1, 0.15) is 5.82 Å². The molecule has 1 aromatic rings. The van der Waals surface area contributed by atoms with Crippen molar-refractivity contribution < 1.29 is 28.3 Å². The van der Waals surface area contributed by atoms with Gasteiger partial charge in [-0.05, 0) is 37.1 Å². The van der Waals surface area contributed by atoms with Crippen LogP contribution in [0.1, 0.15) is 23.2 Å². The monoisotopic (exact) mass is 377 g/mol. The number of halogens is 1. The lowest BCUT2D eigenvalue weighted by molar-refractivity contribution is -0.155. The number of nitrogens with one attached hydrogen (secondary N) is 1. The minimum Gasteiger partial charge on any atom is -0.455 e. The van der Waals surface area contributed by atoms with E-state index in [0.717, 1.165) is 4.90 Å². The third kappa shape index (κ3) is 4.42. The number of carbonyl (C=O) groups excluding carboxylic acids is 4. The number of piperidine rings is 1. The minimum absolute atomic E-state index is 0.211. The van der Waals surface area contributed by atoms with Gasteiger partial charge >= 0.3 is 12.0 Å². The van der Waals surface area contributed by atoms with E-state index in [1.165, 1.54) is 24.3 Å². The molecule has 0 unspecified atom stereocenters. The molecule has 9 heteroatoms. The maximum Gasteiger partial charge on any atom is 0.324 e. The molecule has 2 heterocycles. The van der Waals surface area contributed by atoms with E-state index in [2.05, 4.69) is 5.32 Å². The van der Waals surface area contributed by atoms with E-state index in [1.54, 1.807) is 4.90 Å². The molecule has 4 amide bonds. The second kappa shape index (κ2) is 8.15. The third-order valence-electron chi connectivity index (χ3n) is 4.70. The zero-order valence-corrected chi connectivity index (χ0v) is 14.7. The van der Waals surface area contributed by atoms with Gasteiger partial charge in [-0.2, -0.15) is 0 Å². The quantitative estimate of drug-likeness (QED) is 0.782. The molecule has 0 saturated carbocycles. The van der Waals surface area contributed by atoms with Crippen LogP contribution >= 0.6 is 0 Å². The highest BCUT2D eigenvalue weighted by molar-refractivity contribution is 5.97. The number of benzene rings is 1. The largest absolute Gasteiger partial charge is 0.455 e. The molecular formula is C18H20FN3O5. The van der Waals surface area contributed by atoms with Crippen LogP contribution in [0.4, 0.5) is 9.18 Å². The Morgan fingerprint density at radius 1 is 1.11 bits per heavy atom. The lowest BCUT2D eigenvalue weighted by Crippen LogP contribution is -2.41. The zero-order chi connectivity index (χ0) is 19.4. The van der Waals surface area contributed by atoms with Crippen molar-refractivity contribution in [2.45, 2.75) is 12.8 Å². The summed E-state index contributed by atoms with van der Waals surface area (Å²) in [5, 5.41) is 2.50. The fourth-order valence-electron chi connectivity index (χ4n) is 3.13. The van der Waals surface area contributed by atoms with Gasteiger partial charge in [-0.15, -0.1) is 0 Å². The summed E-state index contributed by atoms with van der Waals surface area (Å²) in [5.74, 6) is -2.08. The van der Waals surface area contributed by atoms with Crippen LogP contribution in [0.5, 0.6) is 0 Å². The molecule has 2 aliphatic rings. The molecule has 0 aromatic heterocycles. The number of amides is 4. The molecule has 2 fully saturated rings. The number of esters is 1. The Labute approximate surface area is 155 Å². The van der Waals surface area contributed by atoms with Gasteiger partial charge in [0.05, 0.1) is 5.92 Å². The molecule has 1 aromatic carbocycles. The van der Waals surface area contributed by atoms with Crippen molar-refractivity contribution in [2.75, 3.05) is 32.8 Å². The summed E-state index contributed by atoms with van der Waals surface area (Å²) in [6.45, 7) is 0.927. The fourth-order valence-corrected chi connectivity index (χ4v) is 3.13. The number of likely N-dealkylation sites (tertiary alicyclic amines) is 1. The molecule has 8 nitrogen and oxygen atoms in total. The number of rotatable bonds is 4. The van der Waals surface area contributed by atoms with Crippen molar-refractivity contribution in [3.8, 4) is 0 Å². The van der Waals surface area contributed by atoms with Crippen molar-refractivity contribution >= 4 is 23.8 Å². The third-order valence-corrected chi connectivity index (χ3v) is 4.70.